The van der Waals surface area contributed by atoms with Crippen molar-refractivity contribution in [1.82, 2.24) is 14.0 Å². The van der Waals surface area contributed by atoms with Crippen molar-refractivity contribution in [3.8, 4) is 0 Å². The summed E-state index contributed by atoms with van der Waals surface area (Å²) in [6.45, 7) is 1.72. The number of rotatable bonds is 4. The molecule has 1 atom stereocenters. The molecule has 1 aromatic heterocycles. The summed E-state index contributed by atoms with van der Waals surface area (Å²) in [7, 11) is 3.44. The van der Waals surface area contributed by atoms with Gasteiger partial charge in [-0.2, -0.15) is 0 Å². The quantitative estimate of drug-likeness (QED) is 0.689. The number of amides is 1. The minimum Gasteiger partial charge on any atom is -0.326 e. The molecular formula is C22H24ClFN4O2. The van der Waals surface area contributed by atoms with Crippen molar-refractivity contribution in [3.05, 3.63) is 63.3 Å². The van der Waals surface area contributed by atoms with Gasteiger partial charge in [0, 0.05) is 43.5 Å². The minimum atomic E-state index is -0.323. The van der Waals surface area contributed by atoms with Gasteiger partial charge in [0.25, 0.3) is 0 Å². The van der Waals surface area contributed by atoms with Crippen molar-refractivity contribution in [2.45, 2.75) is 19.4 Å². The molecule has 3 aromatic rings. The molecule has 8 heteroatoms. The zero-order chi connectivity index (χ0) is 21.4. The third-order valence-electron chi connectivity index (χ3n) is 5.86. The summed E-state index contributed by atoms with van der Waals surface area (Å²) in [5, 5.41) is 3.38. The SMILES string of the molecule is Cn1c(=O)n(C)c2cc(NC(=O)C3CCCN(Cc4c(F)cccc4Cl)C3)ccc21. The summed E-state index contributed by atoms with van der Waals surface area (Å²) >= 11 is 6.16. The molecule has 1 saturated heterocycles. The lowest BCUT2D eigenvalue weighted by atomic mass is 9.96. The van der Waals surface area contributed by atoms with Gasteiger partial charge in [-0.3, -0.25) is 18.8 Å². The molecule has 1 N–H and O–H groups in total. The van der Waals surface area contributed by atoms with Crippen LogP contribution in [0.2, 0.25) is 5.02 Å². The molecule has 2 aromatic carbocycles. The van der Waals surface area contributed by atoms with Crippen LogP contribution in [0.4, 0.5) is 10.1 Å². The Labute approximate surface area is 178 Å². The number of aromatic nitrogens is 2. The van der Waals surface area contributed by atoms with Crippen LogP contribution in [0.1, 0.15) is 18.4 Å². The molecule has 0 radical (unpaired) electrons. The Hall–Kier alpha value is -2.64. The predicted molar refractivity (Wildman–Crippen MR) is 116 cm³/mol. The normalized spacial score (nSPS) is 17.4. The summed E-state index contributed by atoms with van der Waals surface area (Å²) in [6.07, 6.45) is 1.63. The summed E-state index contributed by atoms with van der Waals surface area (Å²) in [5.74, 6) is -0.588. The number of piperidine rings is 1. The minimum absolute atomic E-state index is 0.0698. The van der Waals surface area contributed by atoms with E-state index in [1.54, 1.807) is 41.4 Å². The number of anilines is 1. The summed E-state index contributed by atoms with van der Waals surface area (Å²) < 4.78 is 17.3. The largest absolute Gasteiger partial charge is 0.328 e. The van der Waals surface area contributed by atoms with E-state index >= 15 is 0 Å². The number of hydrogen-bond acceptors (Lipinski definition) is 3. The van der Waals surface area contributed by atoms with Crippen molar-refractivity contribution in [2.75, 3.05) is 18.4 Å². The van der Waals surface area contributed by atoms with Gasteiger partial charge in [0.2, 0.25) is 5.91 Å². The number of aryl methyl sites for hydroxylation is 2. The molecule has 1 amide bonds. The topological polar surface area (TPSA) is 59.3 Å². The highest BCUT2D eigenvalue weighted by Crippen LogP contribution is 2.25. The molecule has 4 rings (SSSR count). The predicted octanol–water partition coefficient (Wildman–Crippen LogP) is 3.52. The molecule has 30 heavy (non-hydrogen) atoms. The van der Waals surface area contributed by atoms with Crippen LogP contribution in [-0.2, 0) is 25.4 Å². The number of nitrogens with zero attached hydrogens (tertiary/aromatic N) is 3. The average molecular weight is 431 g/mol. The highest BCUT2D eigenvalue weighted by Gasteiger charge is 2.27. The van der Waals surface area contributed by atoms with E-state index < -0.39 is 0 Å². The van der Waals surface area contributed by atoms with Gasteiger partial charge in [-0.05, 0) is 49.7 Å². The highest BCUT2D eigenvalue weighted by molar-refractivity contribution is 6.31. The van der Waals surface area contributed by atoms with Gasteiger partial charge in [0.15, 0.2) is 0 Å². The molecule has 1 aliphatic rings. The fourth-order valence-electron chi connectivity index (χ4n) is 4.15. The van der Waals surface area contributed by atoms with E-state index in [2.05, 4.69) is 10.2 Å². The maximum atomic E-state index is 14.1. The Balaban J connectivity index is 1.46. The number of likely N-dealkylation sites (tertiary alicyclic amines) is 1. The molecule has 158 valence electrons. The maximum absolute atomic E-state index is 14.1. The molecule has 1 unspecified atom stereocenters. The Morgan fingerprint density at radius 3 is 2.73 bits per heavy atom. The fraction of sp³-hybridized carbons (Fsp3) is 0.364. The van der Waals surface area contributed by atoms with Gasteiger partial charge in [-0.25, -0.2) is 9.18 Å². The van der Waals surface area contributed by atoms with Gasteiger partial charge in [-0.15, -0.1) is 0 Å². The summed E-state index contributed by atoms with van der Waals surface area (Å²) in [5.41, 5.74) is 2.59. The lowest BCUT2D eigenvalue weighted by molar-refractivity contribution is -0.121. The number of hydrogen-bond donors (Lipinski definition) is 1. The first-order chi connectivity index (χ1) is 14.3. The molecule has 0 bridgehead atoms. The summed E-state index contributed by atoms with van der Waals surface area (Å²) in [6, 6.07) is 10.1. The standard InChI is InChI=1S/C22H24ClFN4O2/c1-26-19-9-8-15(11-20(19)27(2)22(26)30)25-21(29)14-5-4-10-28(12-14)13-16-17(23)6-3-7-18(16)24/h3,6-9,11,14H,4-5,10,12-13H2,1-2H3,(H,25,29). The monoisotopic (exact) mass is 430 g/mol. The van der Waals surface area contributed by atoms with Crippen LogP contribution >= 0.6 is 11.6 Å². The Morgan fingerprint density at radius 1 is 1.20 bits per heavy atom. The molecule has 0 saturated carbocycles. The molecule has 6 nitrogen and oxygen atoms in total. The molecule has 1 fully saturated rings. The lowest BCUT2D eigenvalue weighted by Gasteiger charge is -2.32. The lowest BCUT2D eigenvalue weighted by Crippen LogP contribution is -2.40. The Kier molecular flexibility index (Phi) is 5.66. The number of imidazole rings is 1. The van der Waals surface area contributed by atoms with Crippen LogP contribution < -0.4 is 11.0 Å². The van der Waals surface area contributed by atoms with Gasteiger partial charge in [-0.1, -0.05) is 17.7 Å². The number of benzene rings is 2. The smallest absolute Gasteiger partial charge is 0.326 e. The first-order valence-corrected chi connectivity index (χ1v) is 10.3. The molecule has 0 aliphatic carbocycles. The average Bonchev–Trinajstić information content (AvgIpc) is 2.95. The molecular weight excluding hydrogens is 407 g/mol. The van der Waals surface area contributed by atoms with E-state index in [1.807, 2.05) is 12.1 Å². The molecule has 2 heterocycles. The van der Waals surface area contributed by atoms with Gasteiger partial charge in [0.1, 0.15) is 5.82 Å². The van der Waals surface area contributed by atoms with E-state index in [9.17, 15) is 14.0 Å². The van der Waals surface area contributed by atoms with Crippen LogP contribution in [0.25, 0.3) is 11.0 Å². The van der Waals surface area contributed by atoms with Crippen LogP contribution in [0.15, 0.2) is 41.2 Å². The van der Waals surface area contributed by atoms with E-state index in [0.717, 1.165) is 30.4 Å². The third-order valence-corrected chi connectivity index (χ3v) is 6.21. The van der Waals surface area contributed by atoms with Crippen molar-refractivity contribution in [2.24, 2.45) is 20.0 Å². The molecule has 0 spiro atoms. The summed E-state index contributed by atoms with van der Waals surface area (Å²) in [4.78, 5) is 27.1. The zero-order valence-corrected chi connectivity index (χ0v) is 17.7. The van der Waals surface area contributed by atoms with Crippen molar-refractivity contribution >= 4 is 34.2 Å². The number of carbonyl (C=O) groups excluding carboxylic acids is 1. The maximum Gasteiger partial charge on any atom is 0.328 e. The number of fused-ring (bicyclic) bond motifs is 1. The number of carbonyl (C=O) groups is 1. The Morgan fingerprint density at radius 2 is 1.97 bits per heavy atom. The van der Waals surface area contributed by atoms with E-state index in [0.29, 0.717) is 29.4 Å². The van der Waals surface area contributed by atoms with Crippen LogP contribution in [-0.4, -0.2) is 33.0 Å². The van der Waals surface area contributed by atoms with E-state index in [-0.39, 0.29) is 23.3 Å². The van der Waals surface area contributed by atoms with Gasteiger partial charge < -0.3 is 5.32 Å². The van der Waals surface area contributed by atoms with Crippen molar-refractivity contribution in [1.29, 1.82) is 0 Å². The van der Waals surface area contributed by atoms with Crippen molar-refractivity contribution in [3.63, 3.8) is 0 Å². The van der Waals surface area contributed by atoms with E-state index in [1.165, 1.54) is 6.07 Å². The second-order valence-electron chi connectivity index (χ2n) is 7.87. The number of nitrogens with one attached hydrogen (secondary N) is 1. The second-order valence-corrected chi connectivity index (χ2v) is 8.28. The number of halogens is 2. The fourth-order valence-corrected chi connectivity index (χ4v) is 4.37. The Bertz CT molecular complexity index is 1150. The third kappa shape index (κ3) is 3.87. The van der Waals surface area contributed by atoms with Crippen molar-refractivity contribution < 1.29 is 9.18 Å². The van der Waals surface area contributed by atoms with Crippen LogP contribution in [0.5, 0.6) is 0 Å². The zero-order valence-electron chi connectivity index (χ0n) is 17.0. The second kappa shape index (κ2) is 8.24. The highest BCUT2D eigenvalue weighted by atomic mass is 35.5. The van der Waals surface area contributed by atoms with Gasteiger partial charge >= 0.3 is 5.69 Å². The molecule has 1 aliphatic heterocycles. The van der Waals surface area contributed by atoms with E-state index in [4.69, 9.17) is 11.6 Å². The van der Waals surface area contributed by atoms with Gasteiger partial charge in [0.05, 0.1) is 17.0 Å². The van der Waals surface area contributed by atoms with Crippen LogP contribution in [0, 0.1) is 11.7 Å². The first kappa shape index (κ1) is 20.6. The van der Waals surface area contributed by atoms with Crippen LogP contribution in [0.3, 0.4) is 0 Å². The first-order valence-electron chi connectivity index (χ1n) is 9.96.